The molecule has 1 atom stereocenters. The van der Waals surface area contributed by atoms with E-state index in [1.165, 1.54) is 12.1 Å². The van der Waals surface area contributed by atoms with Gasteiger partial charge in [0, 0.05) is 28.7 Å². The van der Waals surface area contributed by atoms with Gasteiger partial charge < -0.3 is 10.2 Å². The molecule has 0 amide bonds. The molecule has 1 aromatic rings. The molecule has 1 unspecified atom stereocenters. The monoisotopic (exact) mass is 270 g/mol. The Morgan fingerprint density at radius 2 is 1.72 bits per heavy atom. The SMILES string of the molecule is O=C(O)CCCS(=O)Cc1ccc(C(=O)O)cc1. The van der Waals surface area contributed by atoms with Crippen molar-refractivity contribution in [3.8, 4) is 0 Å². The maximum Gasteiger partial charge on any atom is 0.335 e. The Kier molecular flexibility index (Phi) is 5.51. The zero-order valence-electron chi connectivity index (χ0n) is 9.67. The van der Waals surface area contributed by atoms with Crippen molar-refractivity contribution in [3.05, 3.63) is 35.4 Å². The number of hydrogen-bond donors (Lipinski definition) is 2. The third-order valence-electron chi connectivity index (χ3n) is 2.29. The molecule has 0 saturated heterocycles. The molecule has 0 spiro atoms. The van der Waals surface area contributed by atoms with Crippen molar-refractivity contribution < 1.29 is 24.0 Å². The van der Waals surface area contributed by atoms with Gasteiger partial charge in [0.25, 0.3) is 0 Å². The van der Waals surface area contributed by atoms with Crippen LogP contribution in [-0.4, -0.2) is 32.1 Å². The number of carbonyl (C=O) groups is 2. The van der Waals surface area contributed by atoms with E-state index in [9.17, 15) is 13.8 Å². The summed E-state index contributed by atoms with van der Waals surface area (Å²) in [6.45, 7) is 0. The lowest BCUT2D eigenvalue weighted by molar-refractivity contribution is -0.137. The van der Waals surface area contributed by atoms with Gasteiger partial charge in [0.15, 0.2) is 0 Å². The second-order valence-corrected chi connectivity index (χ2v) is 5.36. The van der Waals surface area contributed by atoms with Gasteiger partial charge in [-0.15, -0.1) is 0 Å². The number of aromatic carboxylic acids is 1. The second-order valence-electron chi connectivity index (χ2n) is 3.79. The van der Waals surface area contributed by atoms with Gasteiger partial charge >= 0.3 is 11.9 Å². The number of benzene rings is 1. The Balaban J connectivity index is 2.44. The van der Waals surface area contributed by atoms with Gasteiger partial charge in [-0.25, -0.2) is 4.79 Å². The molecule has 0 aliphatic carbocycles. The summed E-state index contributed by atoms with van der Waals surface area (Å²) in [6.07, 6.45) is 0.402. The molecule has 0 heterocycles. The predicted molar refractivity (Wildman–Crippen MR) is 67.0 cm³/mol. The zero-order chi connectivity index (χ0) is 13.5. The van der Waals surface area contributed by atoms with Crippen LogP contribution >= 0.6 is 0 Å². The largest absolute Gasteiger partial charge is 0.481 e. The highest BCUT2D eigenvalue weighted by atomic mass is 32.2. The second kappa shape index (κ2) is 6.90. The van der Waals surface area contributed by atoms with E-state index in [2.05, 4.69) is 0 Å². The summed E-state index contributed by atoms with van der Waals surface area (Å²) in [7, 11) is -1.12. The smallest absolute Gasteiger partial charge is 0.335 e. The summed E-state index contributed by atoms with van der Waals surface area (Å²) in [5, 5.41) is 17.2. The first-order valence-corrected chi connectivity index (χ1v) is 6.87. The van der Waals surface area contributed by atoms with Crippen LogP contribution in [0.2, 0.25) is 0 Å². The summed E-state index contributed by atoms with van der Waals surface area (Å²) >= 11 is 0. The summed E-state index contributed by atoms with van der Waals surface area (Å²) in [6, 6.07) is 6.18. The molecule has 5 nitrogen and oxygen atoms in total. The van der Waals surface area contributed by atoms with Crippen molar-refractivity contribution in [3.63, 3.8) is 0 Å². The molecule has 98 valence electrons. The van der Waals surface area contributed by atoms with Crippen LogP contribution in [-0.2, 0) is 21.3 Å². The summed E-state index contributed by atoms with van der Waals surface area (Å²) < 4.78 is 11.6. The van der Waals surface area contributed by atoms with Crippen molar-refractivity contribution in [2.45, 2.75) is 18.6 Å². The molecule has 0 saturated carbocycles. The van der Waals surface area contributed by atoms with Gasteiger partial charge in [0.1, 0.15) is 0 Å². The van der Waals surface area contributed by atoms with Crippen molar-refractivity contribution in [1.82, 2.24) is 0 Å². The van der Waals surface area contributed by atoms with E-state index >= 15 is 0 Å². The molecule has 1 aromatic carbocycles. The van der Waals surface area contributed by atoms with E-state index in [-0.39, 0.29) is 12.0 Å². The van der Waals surface area contributed by atoms with E-state index in [0.29, 0.717) is 17.9 Å². The molecular formula is C12H14O5S. The molecule has 18 heavy (non-hydrogen) atoms. The Hall–Kier alpha value is -1.69. The number of rotatable bonds is 7. The molecule has 2 N–H and O–H groups in total. The van der Waals surface area contributed by atoms with E-state index in [1.54, 1.807) is 12.1 Å². The quantitative estimate of drug-likeness (QED) is 0.783. The average Bonchev–Trinajstić information content (AvgIpc) is 2.29. The first-order valence-electron chi connectivity index (χ1n) is 5.38. The molecule has 0 aromatic heterocycles. The van der Waals surface area contributed by atoms with Crippen LogP contribution in [0.3, 0.4) is 0 Å². The third-order valence-corrected chi connectivity index (χ3v) is 3.69. The van der Waals surface area contributed by atoms with Crippen molar-refractivity contribution in [1.29, 1.82) is 0 Å². The Morgan fingerprint density at radius 1 is 1.11 bits per heavy atom. The topological polar surface area (TPSA) is 91.7 Å². The van der Waals surface area contributed by atoms with Crippen LogP contribution in [0.15, 0.2) is 24.3 Å². The molecule has 6 heteroatoms. The van der Waals surface area contributed by atoms with E-state index < -0.39 is 22.7 Å². The fourth-order valence-corrected chi connectivity index (χ4v) is 2.56. The number of carboxylic acids is 2. The standard InChI is InChI=1S/C12H14O5S/c13-11(14)2-1-7-18(17)8-9-3-5-10(6-4-9)12(15)16/h3-6H,1-2,7-8H2,(H,13,14)(H,15,16). The van der Waals surface area contributed by atoms with E-state index in [4.69, 9.17) is 10.2 Å². The third kappa shape index (κ3) is 5.09. The number of carboxylic acid groups (broad SMARTS) is 2. The van der Waals surface area contributed by atoms with E-state index in [1.807, 2.05) is 0 Å². The van der Waals surface area contributed by atoms with Gasteiger partial charge in [-0.05, 0) is 24.1 Å². The van der Waals surface area contributed by atoms with Crippen molar-refractivity contribution >= 4 is 22.7 Å². The fourth-order valence-electron chi connectivity index (χ4n) is 1.39. The minimum absolute atomic E-state index is 0.0176. The average molecular weight is 270 g/mol. The molecule has 0 aliphatic heterocycles. The van der Waals surface area contributed by atoms with Gasteiger partial charge in [0.2, 0.25) is 0 Å². The molecule has 0 radical (unpaired) electrons. The van der Waals surface area contributed by atoms with Crippen molar-refractivity contribution in [2.24, 2.45) is 0 Å². The van der Waals surface area contributed by atoms with E-state index in [0.717, 1.165) is 5.56 Å². The number of hydrogen-bond acceptors (Lipinski definition) is 3. The first-order chi connectivity index (χ1) is 8.49. The Morgan fingerprint density at radius 3 is 2.22 bits per heavy atom. The van der Waals surface area contributed by atoms with Crippen LogP contribution in [0.1, 0.15) is 28.8 Å². The summed E-state index contributed by atoms with van der Waals surface area (Å²) in [5.74, 6) is -1.23. The van der Waals surface area contributed by atoms with Crippen LogP contribution in [0.25, 0.3) is 0 Å². The number of aliphatic carboxylic acids is 1. The predicted octanol–water partition coefficient (Wildman–Crippen LogP) is 1.50. The highest BCUT2D eigenvalue weighted by Gasteiger charge is 2.06. The Labute approximate surface area is 107 Å². The molecule has 0 fully saturated rings. The lowest BCUT2D eigenvalue weighted by Gasteiger charge is -2.02. The van der Waals surface area contributed by atoms with Gasteiger partial charge in [0.05, 0.1) is 5.56 Å². The van der Waals surface area contributed by atoms with Gasteiger partial charge in [-0.2, -0.15) is 0 Å². The molecule has 0 aliphatic rings. The normalized spacial score (nSPS) is 12.0. The van der Waals surface area contributed by atoms with Gasteiger partial charge in [-0.3, -0.25) is 9.00 Å². The van der Waals surface area contributed by atoms with Crippen LogP contribution in [0.4, 0.5) is 0 Å². The van der Waals surface area contributed by atoms with Crippen LogP contribution in [0.5, 0.6) is 0 Å². The first kappa shape index (κ1) is 14.4. The maximum atomic E-state index is 11.6. The summed E-state index contributed by atoms with van der Waals surface area (Å²) in [4.78, 5) is 20.9. The van der Waals surface area contributed by atoms with Gasteiger partial charge in [-0.1, -0.05) is 12.1 Å². The zero-order valence-corrected chi connectivity index (χ0v) is 10.5. The van der Waals surface area contributed by atoms with Crippen molar-refractivity contribution in [2.75, 3.05) is 5.75 Å². The van der Waals surface area contributed by atoms with Crippen LogP contribution in [0, 0.1) is 0 Å². The summed E-state index contributed by atoms with van der Waals surface area (Å²) in [5.41, 5.74) is 0.976. The molecule has 1 rings (SSSR count). The highest BCUT2D eigenvalue weighted by Crippen LogP contribution is 2.08. The lowest BCUT2D eigenvalue weighted by Crippen LogP contribution is -2.04. The fraction of sp³-hybridized carbons (Fsp3) is 0.333. The highest BCUT2D eigenvalue weighted by molar-refractivity contribution is 7.84. The van der Waals surface area contributed by atoms with Crippen LogP contribution < -0.4 is 0 Å². The lowest BCUT2D eigenvalue weighted by atomic mass is 10.1. The molecule has 0 bridgehead atoms. The Bertz CT molecular complexity index is 452. The minimum atomic E-state index is -1.12. The minimum Gasteiger partial charge on any atom is -0.481 e. The maximum absolute atomic E-state index is 11.6. The molecular weight excluding hydrogens is 256 g/mol.